The molecule has 0 spiro atoms. The lowest BCUT2D eigenvalue weighted by Gasteiger charge is -2.41. The standard InChI is InChI=1S/C22H28N8O2/c1-14-11-27(15(2)31)7-8-29(14)19-9-21(28-12-16-3-4-17(13-28)32-16)25-22-18(19)10-24-30(22)20-5-6-23-26-20/h5-6,9-10,14,16-17H,3-4,7-8,11-13H2,1-2H3,(H,23,26)/t14-,16-,17+/m1/s1. The number of ether oxygens (including phenoxy) is 1. The van der Waals surface area contributed by atoms with Gasteiger partial charge in [-0.15, -0.1) is 0 Å². The Kier molecular flexibility index (Phi) is 4.56. The summed E-state index contributed by atoms with van der Waals surface area (Å²) in [5.74, 6) is 1.87. The van der Waals surface area contributed by atoms with Gasteiger partial charge in [0.25, 0.3) is 0 Å². The van der Waals surface area contributed by atoms with Crippen molar-refractivity contribution in [3.63, 3.8) is 0 Å². The zero-order valence-electron chi connectivity index (χ0n) is 18.4. The van der Waals surface area contributed by atoms with E-state index in [1.54, 1.807) is 13.1 Å². The van der Waals surface area contributed by atoms with Gasteiger partial charge in [-0.2, -0.15) is 14.9 Å². The monoisotopic (exact) mass is 436 g/mol. The third-order valence-corrected chi connectivity index (χ3v) is 6.97. The molecule has 6 heterocycles. The van der Waals surface area contributed by atoms with E-state index in [4.69, 9.17) is 9.72 Å². The number of piperazine rings is 1. The van der Waals surface area contributed by atoms with Crippen molar-refractivity contribution in [1.29, 1.82) is 0 Å². The van der Waals surface area contributed by atoms with Crippen molar-refractivity contribution in [2.75, 3.05) is 42.5 Å². The molecule has 10 heteroatoms. The van der Waals surface area contributed by atoms with Gasteiger partial charge in [-0.1, -0.05) is 0 Å². The highest BCUT2D eigenvalue weighted by atomic mass is 16.5. The molecule has 3 aromatic heterocycles. The summed E-state index contributed by atoms with van der Waals surface area (Å²) in [6.07, 6.45) is 6.40. The molecule has 0 radical (unpaired) electrons. The highest BCUT2D eigenvalue weighted by molar-refractivity contribution is 5.92. The van der Waals surface area contributed by atoms with Gasteiger partial charge in [-0.25, -0.2) is 4.98 Å². The van der Waals surface area contributed by atoms with E-state index in [-0.39, 0.29) is 24.2 Å². The number of anilines is 2. The van der Waals surface area contributed by atoms with Gasteiger partial charge in [-0.05, 0) is 19.8 Å². The fraction of sp³-hybridized carbons (Fsp3) is 0.545. The number of fused-ring (bicyclic) bond motifs is 3. The Morgan fingerprint density at radius 1 is 1.19 bits per heavy atom. The Labute approximate surface area is 186 Å². The van der Waals surface area contributed by atoms with Crippen LogP contribution >= 0.6 is 0 Å². The molecule has 0 aromatic carbocycles. The summed E-state index contributed by atoms with van der Waals surface area (Å²) in [6, 6.07) is 4.29. The Hall–Kier alpha value is -3.14. The zero-order chi connectivity index (χ0) is 21.8. The zero-order valence-corrected chi connectivity index (χ0v) is 18.4. The minimum atomic E-state index is 0.132. The number of carbonyl (C=O) groups excluding carboxylic acids is 1. The summed E-state index contributed by atoms with van der Waals surface area (Å²) < 4.78 is 7.87. The lowest BCUT2D eigenvalue weighted by molar-refractivity contribution is -0.129. The normalized spacial score (nSPS) is 25.7. The molecule has 3 aliphatic heterocycles. The summed E-state index contributed by atoms with van der Waals surface area (Å²) in [4.78, 5) is 23.7. The van der Waals surface area contributed by atoms with Crippen LogP contribution in [0.5, 0.6) is 0 Å². The second-order valence-electron chi connectivity index (χ2n) is 9.10. The van der Waals surface area contributed by atoms with Crippen molar-refractivity contribution >= 4 is 28.4 Å². The lowest BCUT2D eigenvalue weighted by Crippen LogP contribution is -2.53. The summed E-state index contributed by atoms with van der Waals surface area (Å²) >= 11 is 0. The Morgan fingerprint density at radius 3 is 2.69 bits per heavy atom. The van der Waals surface area contributed by atoms with Crippen LogP contribution in [0.1, 0.15) is 26.7 Å². The third kappa shape index (κ3) is 3.21. The lowest BCUT2D eigenvalue weighted by atomic mass is 10.1. The molecule has 3 fully saturated rings. The summed E-state index contributed by atoms with van der Waals surface area (Å²) in [7, 11) is 0. The second kappa shape index (κ2) is 7.47. The van der Waals surface area contributed by atoms with Crippen LogP contribution in [0.2, 0.25) is 0 Å². The minimum Gasteiger partial charge on any atom is -0.371 e. The fourth-order valence-electron chi connectivity index (χ4n) is 5.32. The quantitative estimate of drug-likeness (QED) is 0.666. The largest absolute Gasteiger partial charge is 0.371 e. The molecule has 0 aliphatic carbocycles. The molecule has 32 heavy (non-hydrogen) atoms. The van der Waals surface area contributed by atoms with Crippen molar-refractivity contribution in [2.24, 2.45) is 0 Å². The third-order valence-electron chi connectivity index (χ3n) is 6.97. The number of aromatic nitrogens is 5. The highest BCUT2D eigenvalue weighted by Gasteiger charge is 2.35. The highest BCUT2D eigenvalue weighted by Crippen LogP contribution is 2.35. The first-order chi connectivity index (χ1) is 15.6. The summed E-state index contributed by atoms with van der Waals surface area (Å²) in [6.45, 7) is 7.76. The maximum absolute atomic E-state index is 11.9. The van der Waals surface area contributed by atoms with E-state index >= 15 is 0 Å². The Morgan fingerprint density at radius 2 is 2.00 bits per heavy atom. The maximum atomic E-state index is 11.9. The molecule has 0 saturated carbocycles. The predicted molar refractivity (Wildman–Crippen MR) is 120 cm³/mol. The van der Waals surface area contributed by atoms with E-state index in [0.29, 0.717) is 6.54 Å². The smallest absolute Gasteiger partial charge is 0.219 e. The SMILES string of the molecule is CC(=O)N1CCN(c2cc(N3C[C@H]4CC[C@@H](C3)O4)nc3c2cnn3-c2ccn[nH]2)[C@H](C)C1. The molecule has 3 aliphatic rings. The van der Waals surface area contributed by atoms with Crippen LogP contribution in [-0.4, -0.2) is 86.7 Å². The molecule has 168 valence electrons. The number of pyridine rings is 1. The topological polar surface area (TPSA) is 95.4 Å². The van der Waals surface area contributed by atoms with Crippen LogP contribution in [0, 0.1) is 0 Å². The molecule has 6 rings (SSSR count). The van der Waals surface area contributed by atoms with E-state index in [2.05, 4.69) is 38.1 Å². The molecule has 3 atom stereocenters. The van der Waals surface area contributed by atoms with E-state index < -0.39 is 0 Å². The number of H-pyrrole nitrogens is 1. The average Bonchev–Trinajstić information content (AvgIpc) is 3.52. The van der Waals surface area contributed by atoms with Crippen LogP contribution in [0.3, 0.4) is 0 Å². The number of hydrogen-bond acceptors (Lipinski definition) is 7. The molecule has 1 N–H and O–H groups in total. The first-order valence-corrected chi connectivity index (χ1v) is 11.4. The van der Waals surface area contributed by atoms with Crippen LogP contribution in [0.15, 0.2) is 24.5 Å². The first-order valence-electron chi connectivity index (χ1n) is 11.4. The second-order valence-corrected chi connectivity index (χ2v) is 9.10. The van der Waals surface area contributed by atoms with E-state index in [1.807, 2.05) is 21.8 Å². The van der Waals surface area contributed by atoms with E-state index in [1.165, 1.54) is 0 Å². The van der Waals surface area contributed by atoms with Crippen molar-refractivity contribution in [2.45, 2.75) is 44.9 Å². The molecule has 0 unspecified atom stereocenters. The van der Waals surface area contributed by atoms with E-state index in [0.717, 1.165) is 67.4 Å². The van der Waals surface area contributed by atoms with Gasteiger partial charge in [0.1, 0.15) is 5.82 Å². The van der Waals surface area contributed by atoms with Crippen molar-refractivity contribution < 1.29 is 9.53 Å². The summed E-state index contributed by atoms with van der Waals surface area (Å²) in [5.41, 5.74) is 1.92. The molecular formula is C22H28N8O2. The summed E-state index contributed by atoms with van der Waals surface area (Å²) in [5, 5.41) is 12.7. The Balaban J connectivity index is 1.44. The van der Waals surface area contributed by atoms with Gasteiger partial charge < -0.3 is 19.4 Å². The van der Waals surface area contributed by atoms with Gasteiger partial charge in [-0.3, -0.25) is 9.89 Å². The number of nitrogens with zero attached hydrogens (tertiary/aromatic N) is 7. The molecule has 3 saturated heterocycles. The van der Waals surface area contributed by atoms with Crippen molar-refractivity contribution in [3.05, 3.63) is 24.5 Å². The van der Waals surface area contributed by atoms with E-state index in [9.17, 15) is 4.79 Å². The van der Waals surface area contributed by atoms with Gasteiger partial charge in [0, 0.05) is 57.8 Å². The molecular weight excluding hydrogens is 408 g/mol. The number of amides is 1. The number of morpholine rings is 1. The van der Waals surface area contributed by atoms with Gasteiger partial charge in [0.15, 0.2) is 11.5 Å². The van der Waals surface area contributed by atoms with Crippen LogP contribution in [0.4, 0.5) is 11.5 Å². The number of hydrogen-bond donors (Lipinski definition) is 1. The number of aromatic amines is 1. The number of carbonyl (C=O) groups is 1. The predicted octanol–water partition coefficient (Wildman–Crippen LogP) is 1.57. The molecule has 2 bridgehead atoms. The first kappa shape index (κ1) is 19.5. The van der Waals surface area contributed by atoms with Crippen LogP contribution in [-0.2, 0) is 9.53 Å². The van der Waals surface area contributed by atoms with Crippen molar-refractivity contribution in [1.82, 2.24) is 29.9 Å². The number of nitrogens with one attached hydrogen (secondary N) is 1. The molecule has 10 nitrogen and oxygen atoms in total. The molecule has 1 amide bonds. The van der Waals surface area contributed by atoms with Gasteiger partial charge >= 0.3 is 0 Å². The average molecular weight is 437 g/mol. The fourth-order valence-corrected chi connectivity index (χ4v) is 5.32. The van der Waals surface area contributed by atoms with Crippen LogP contribution < -0.4 is 9.80 Å². The minimum absolute atomic E-state index is 0.132. The van der Waals surface area contributed by atoms with Gasteiger partial charge in [0.05, 0.1) is 35.7 Å². The van der Waals surface area contributed by atoms with Crippen molar-refractivity contribution in [3.8, 4) is 5.82 Å². The molecule has 3 aromatic rings. The van der Waals surface area contributed by atoms with Gasteiger partial charge in [0.2, 0.25) is 5.91 Å². The maximum Gasteiger partial charge on any atom is 0.219 e. The Bertz CT molecular complexity index is 1130. The van der Waals surface area contributed by atoms with Crippen LogP contribution in [0.25, 0.3) is 16.9 Å². The number of rotatable bonds is 3.